The van der Waals surface area contributed by atoms with Crippen LogP contribution >= 0.6 is 0 Å². The van der Waals surface area contributed by atoms with Crippen molar-refractivity contribution in [2.24, 2.45) is 0 Å². The van der Waals surface area contributed by atoms with Crippen LogP contribution in [0, 0.1) is 0 Å². The summed E-state index contributed by atoms with van der Waals surface area (Å²) in [6, 6.07) is 3.71. The summed E-state index contributed by atoms with van der Waals surface area (Å²) in [4.78, 5) is 10.8. The van der Waals surface area contributed by atoms with Crippen molar-refractivity contribution in [1.29, 1.82) is 0 Å². The van der Waals surface area contributed by atoms with Gasteiger partial charge in [0.15, 0.2) is 0 Å². The van der Waals surface area contributed by atoms with Gasteiger partial charge in [0.1, 0.15) is 12.1 Å². The number of halogens is 4. The maximum Gasteiger partial charge on any atom is 0.416 e. The predicted molar refractivity (Wildman–Crippen MR) is 52.4 cm³/mol. The Kier molecular flexibility index (Phi) is 3.75. The zero-order valence-corrected chi connectivity index (χ0v) is 8.83. The molecule has 1 aromatic carbocycles. The molecule has 1 aromatic rings. The fourth-order valence-corrected chi connectivity index (χ4v) is 1.51. The Hall–Kier alpha value is -1.59. The van der Waals surface area contributed by atoms with Crippen LogP contribution in [-0.2, 0) is 11.0 Å². The molecule has 2 atom stereocenters. The predicted octanol–water partition coefficient (Wildman–Crippen LogP) is 3.23. The van der Waals surface area contributed by atoms with Gasteiger partial charge in [-0.05, 0) is 18.6 Å². The number of aliphatic carboxylic acids is 1. The van der Waals surface area contributed by atoms with E-state index in [9.17, 15) is 22.4 Å². The van der Waals surface area contributed by atoms with E-state index in [2.05, 4.69) is 0 Å². The summed E-state index contributed by atoms with van der Waals surface area (Å²) in [6.07, 6.45) is -6.34. The Balaban J connectivity index is 3.18. The Morgan fingerprint density at radius 1 is 1.35 bits per heavy atom. The van der Waals surface area contributed by atoms with Gasteiger partial charge in [-0.15, -0.1) is 0 Å². The summed E-state index contributed by atoms with van der Waals surface area (Å²) in [5.74, 6) is -3.07. The van der Waals surface area contributed by atoms with Gasteiger partial charge in [-0.25, -0.2) is 4.39 Å². The van der Waals surface area contributed by atoms with Crippen LogP contribution in [0.15, 0.2) is 24.3 Å². The molecule has 1 N–H and O–H groups in total. The normalized spacial score (nSPS) is 15.4. The first-order valence-corrected chi connectivity index (χ1v) is 4.77. The lowest BCUT2D eigenvalue weighted by molar-refractivity contribution is -0.141. The molecule has 0 saturated carbocycles. The van der Waals surface area contributed by atoms with Crippen molar-refractivity contribution in [1.82, 2.24) is 0 Å². The molecule has 0 heterocycles. The third-order valence-electron chi connectivity index (χ3n) is 2.30. The van der Waals surface area contributed by atoms with E-state index >= 15 is 0 Å². The number of hydrogen-bond donors (Lipinski definition) is 1. The van der Waals surface area contributed by atoms with Gasteiger partial charge < -0.3 is 5.11 Å². The highest BCUT2D eigenvalue weighted by molar-refractivity contribution is 5.76. The molecule has 0 aliphatic carbocycles. The molecule has 0 aliphatic rings. The van der Waals surface area contributed by atoms with Crippen LogP contribution in [0.2, 0.25) is 0 Å². The second-order valence-corrected chi connectivity index (χ2v) is 3.62. The van der Waals surface area contributed by atoms with Crippen molar-refractivity contribution in [2.45, 2.75) is 25.2 Å². The number of alkyl halides is 4. The number of carboxylic acids is 1. The smallest absolute Gasteiger partial charge is 0.416 e. The van der Waals surface area contributed by atoms with Crippen molar-refractivity contribution in [3.8, 4) is 0 Å². The second-order valence-electron chi connectivity index (χ2n) is 3.62. The molecule has 2 unspecified atom stereocenters. The first-order valence-electron chi connectivity index (χ1n) is 4.77. The summed E-state index contributed by atoms with van der Waals surface area (Å²) in [6.45, 7) is 0.999. The van der Waals surface area contributed by atoms with Crippen molar-refractivity contribution < 1.29 is 27.5 Å². The highest BCUT2D eigenvalue weighted by Gasteiger charge is 2.33. The minimum absolute atomic E-state index is 0.192. The molecule has 0 saturated heterocycles. The average Bonchev–Trinajstić information content (AvgIpc) is 2.15. The fraction of sp³-hybridized carbons (Fsp3) is 0.364. The topological polar surface area (TPSA) is 37.3 Å². The molecule has 94 valence electrons. The number of rotatable bonds is 3. The van der Waals surface area contributed by atoms with E-state index in [0.717, 1.165) is 19.1 Å². The fourth-order valence-electron chi connectivity index (χ4n) is 1.51. The van der Waals surface area contributed by atoms with Gasteiger partial charge in [-0.3, -0.25) is 4.79 Å². The SMILES string of the molecule is CC(F)C(C(=O)O)c1cccc(C(F)(F)F)c1. The van der Waals surface area contributed by atoms with Gasteiger partial charge in [-0.1, -0.05) is 18.2 Å². The largest absolute Gasteiger partial charge is 0.481 e. The van der Waals surface area contributed by atoms with Crippen molar-refractivity contribution >= 4 is 5.97 Å². The molecule has 0 aliphatic heterocycles. The lowest BCUT2D eigenvalue weighted by Gasteiger charge is -2.15. The summed E-state index contributed by atoms with van der Waals surface area (Å²) >= 11 is 0. The monoisotopic (exact) mass is 250 g/mol. The molecule has 0 radical (unpaired) electrons. The molecule has 0 fully saturated rings. The molecule has 0 amide bonds. The Morgan fingerprint density at radius 2 is 1.94 bits per heavy atom. The number of carboxylic acid groups (broad SMARTS) is 1. The Morgan fingerprint density at radius 3 is 2.35 bits per heavy atom. The molecule has 2 nitrogen and oxygen atoms in total. The third kappa shape index (κ3) is 3.18. The van der Waals surface area contributed by atoms with Gasteiger partial charge in [-0.2, -0.15) is 13.2 Å². The van der Waals surface area contributed by atoms with Crippen LogP contribution in [0.5, 0.6) is 0 Å². The number of benzene rings is 1. The van der Waals surface area contributed by atoms with Crippen molar-refractivity contribution in [3.63, 3.8) is 0 Å². The van der Waals surface area contributed by atoms with Gasteiger partial charge >= 0.3 is 12.1 Å². The lowest BCUT2D eigenvalue weighted by atomic mass is 9.94. The van der Waals surface area contributed by atoms with Crippen LogP contribution in [0.25, 0.3) is 0 Å². The first-order chi connectivity index (χ1) is 7.73. The van der Waals surface area contributed by atoms with E-state index in [4.69, 9.17) is 5.11 Å². The van der Waals surface area contributed by atoms with Crippen LogP contribution in [0.4, 0.5) is 17.6 Å². The molecular weight excluding hydrogens is 240 g/mol. The lowest BCUT2D eigenvalue weighted by Crippen LogP contribution is -2.21. The van der Waals surface area contributed by atoms with Crippen LogP contribution in [-0.4, -0.2) is 17.2 Å². The van der Waals surface area contributed by atoms with E-state index in [1.54, 1.807) is 0 Å². The van der Waals surface area contributed by atoms with Crippen molar-refractivity contribution in [3.05, 3.63) is 35.4 Å². The third-order valence-corrected chi connectivity index (χ3v) is 2.30. The zero-order valence-electron chi connectivity index (χ0n) is 8.83. The van der Waals surface area contributed by atoms with Crippen molar-refractivity contribution in [2.75, 3.05) is 0 Å². The molecule has 0 bridgehead atoms. The molecule has 17 heavy (non-hydrogen) atoms. The standard InChI is InChI=1S/C11H10F4O2/c1-6(12)9(10(16)17)7-3-2-4-8(5-7)11(13,14)15/h2-6,9H,1H3,(H,16,17). The Labute approximate surface area is 94.9 Å². The summed E-state index contributed by atoms with van der Waals surface area (Å²) in [5, 5.41) is 8.77. The zero-order chi connectivity index (χ0) is 13.2. The quantitative estimate of drug-likeness (QED) is 0.836. The van der Waals surface area contributed by atoms with Gasteiger partial charge in [0.05, 0.1) is 5.56 Å². The summed E-state index contributed by atoms with van der Waals surface area (Å²) in [7, 11) is 0. The first kappa shape index (κ1) is 13.5. The molecule has 1 rings (SSSR count). The summed E-state index contributed by atoms with van der Waals surface area (Å²) < 4.78 is 50.2. The summed E-state index contributed by atoms with van der Waals surface area (Å²) in [5.41, 5.74) is -1.18. The van der Waals surface area contributed by atoms with Gasteiger partial charge in [0, 0.05) is 0 Å². The Bertz CT molecular complexity index is 412. The molecule has 0 aromatic heterocycles. The highest BCUT2D eigenvalue weighted by Crippen LogP contribution is 2.32. The van der Waals surface area contributed by atoms with Crippen LogP contribution in [0.1, 0.15) is 24.0 Å². The van der Waals surface area contributed by atoms with E-state index < -0.39 is 29.8 Å². The minimum atomic E-state index is -4.57. The molecular formula is C11H10F4O2. The van der Waals surface area contributed by atoms with E-state index in [0.29, 0.717) is 6.07 Å². The average molecular weight is 250 g/mol. The second kappa shape index (κ2) is 4.73. The van der Waals surface area contributed by atoms with Gasteiger partial charge in [0.25, 0.3) is 0 Å². The van der Waals surface area contributed by atoms with Crippen LogP contribution in [0.3, 0.4) is 0 Å². The maximum atomic E-state index is 13.1. The van der Waals surface area contributed by atoms with E-state index in [1.807, 2.05) is 0 Å². The molecule has 0 spiro atoms. The van der Waals surface area contributed by atoms with Crippen LogP contribution < -0.4 is 0 Å². The number of hydrogen-bond acceptors (Lipinski definition) is 1. The van der Waals surface area contributed by atoms with E-state index in [1.165, 1.54) is 6.07 Å². The molecule has 6 heteroatoms. The number of carbonyl (C=O) groups is 1. The van der Waals surface area contributed by atoms with E-state index in [-0.39, 0.29) is 5.56 Å². The minimum Gasteiger partial charge on any atom is -0.481 e. The van der Waals surface area contributed by atoms with Gasteiger partial charge in [0.2, 0.25) is 0 Å². The maximum absolute atomic E-state index is 13.1. The highest BCUT2D eigenvalue weighted by atomic mass is 19.4.